The summed E-state index contributed by atoms with van der Waals surface area (Å²) in [5.41, 5.74) is 0.452. The molecule has 0 saturated heterocycles. The van der Waals surface area contributed by atoms with Crippen LogP contribution in [0.15, 0.2) is 48.5 Å². The molecule has 0 bridgehead atoms. The topological polar surface area (TPSA) is 44.8 Å². The maximum atomic E-state index is 12.1. The zero-order valence-corrected chi connectivity index (χ0v) is 13.7. The van der Waals surface area contributed by atoms with Crippen molar-refractivity contribution in [1.82, 2.24) is 0 Å². The fraction of sp³-hybridized carbons (Fsp3) is 0.278. The highest BCUT2D eigenvalue weighted by Crippen LogP contribution is 2.24. The number of ether oxygens (including phenoxy) is 3. The van der Waals surface area contributed by atoms with Crippen molar-refractivity contribution in [3.63, 3.8) is 0 Å². The molecule has 0 amide bonds. The average Bonchev–Trinajstić information content (AvgIpc) is 2.52. The lowest BCUT2D eigenvalue weighted by Gasteiger charge is -2.11. The molecule has 0 radical (unpaired) electrons. The number of alkyl halides is 3. The van der Waals surface area contributed by atoms with E-state index in [-0.39, 0.29) is 30.0 Å². The summed E-state index contributed by atoms with van der Waals surface area (Å²) in [5, 5.41) is 0. The van der Waals surface area contributed by atoms with Gasteiger partial charge in [0.15, 0.2) is 12.4 Å². The van der Waals surface area contributed by atoms with Gasteiger partial charge in [-0.1, -0.05) is 0 Å². The lowest BCUT2D eigenvalue weighted by molar-refractivity contribution is -0.274. The van der Waals surface area contributed by atoms with Gasteiger partial charge in [-0.15, -0.1) is 13.2 Å². The SMILES string of the molecule is CC(C)Oc1ccc(C(=O)COc2ccc(OC(F)(F)F)cc2)cc1. The van der Waals surface area contributed by atoms with Gasteiger partial charge in [0.1, 0.15) is 17.2 Å². The van der Waals surface area contributed by atoms with E-state index in [4.69, 9.17) is 9.47 Å². The van der Waals surface area contributed by atoms with Gasteiger partial charge >= 0.3 is 6.36 Å². The third-order valence-corrected chi connectivity index (χ3v) is 2.98. The highest BCUT2D eigenvalue weighted by atomic mass is 19.4. The molecule has 0 spiro atoms. The number of hydrogen-bond acceptors (Lipinski definition) is 4. The Morgan fingerprint density at radius 3 is 1.96 bits per heavy atom. The van der Waals surface area contributed by atoms with Crippen LogP contribution in [0, 0.1) is 0 Å². The van der Waals surface area contributed by atoms with Crippen LogP contribution in [0.5, 0.6) is 17.2 Å². The number of ketones is 1. The van der Waals surface area contributed by atoms with Gasteiger partial charge in [0.05, 0.1) is 6.10 Å². The number of carbonyl (C=O) groups is 1. The second kappa shape index (κ2) is 7.92. The molecule has 0 heterocycles. The molecule has 0 atom stereocenters. The molecule has 0 aliphatic carbocycles. The first-order chi connectivity index (χ1) is 11.7. The zero-order valence-electron chi connectivity index (χ0n) is 13.7. The Hall–Kier alpha value is -2.70. The summed E-state index contributed by atoms with van der Waals surface area (Å²) in [5.74, 6) is 0.314. The maximum absolute atomic E-state index is 12.1. The lowest BCUT2D eigenvalue weighted by Crippen LogP contribution is -2.17. The van der Waals surface area contributed by atoms with Crippen LogP contribution in [0.1, 0.15) is 24.2 Å². The summed E-state index contributed by atoms with van der Waals surface area (Å²) in [6.07, 6.45) is -4.71. The molecular weight excluding hydrogens is 337 g/mol. The van der Waals surface area contributed by atoms with Crippen molar-refractivity contribution >= 4 is 5.78 Å². The van der Waals surface area contributed by atoms with Crippen LogP contribution in [-0.2, 0) is 0 Å². The molecule has 0 N–H and O–H groups in total. The number of rotatable bonds is 7. The molecule has 0 saturated carbocycles. The summed E-state index contributed by atoms with van der Waals surface area (Å²) in [6, 6.07) is 11.5. The van der Waals surface area contributed by atoms with Gasteiger partial charge in [-0.3, -0.25) is 4.79 Å². The smallest absolute Gasteiger partial charge is 0.491 e. The first kappa shape index (κ1) is 18.6. The molecule has 134 valence electrons. The summed E-state index contributed by atoms with van der Waals surface area (Å²) in [7, 11) is 0. The maximum Gasteiger partial charge on any atom is 0.573 e. The Balaban J connectivity index is 1.89. The molecule has 0 unspecified atom stereocenters. The highest BCUT2D eigenvalue weighted by Gasteiger charge is 2.30. The third kappa shape index (κ3) is 6.37. The Morgan fingerprint density at radius 1 is 0.920 bits per heavy atom. The number of Topliss-reactive ketones (excluding diaryl/α,β-unsaturated/α-hetero) is 1. The van der Waals surface area contributed by atoms with Crippen molar-refractivity contribution in [1.29, 1.82) is 0 Å². The van der Waals surface area contributed by atoms with Crippen molar-refractivity contribution in [3.05, 3.63) is 54.1 Å². The third-order valence-electron chi connectivity index (χ3n) is 2.98. The first-order valence-electron chi connectivity index (χ1n) is 7.51. The molecule has 0 aliphatic rings. The molecule has 7 heteroatoms. The van der Waals surface area contributed by atoms with E-state index in [1.165, 1.54) is 12.1 Å². The van der Waals surface area contributed by atoms with Gasteiger partial charge in [-0.05, 0) is 62.4 Å². The van der Waals surface area contributed by atoms with Gasteiger partial charge in [0.25, 0.3) is 0 Å². The minimum atomic E-state index is -4.75. The number of carbonyl (C=O) groups excluding carboxylic acids is 1. The fourth-order valence-corrected chi connectivity index (χ4v) is 1.96. The monoisotopic (exact) mass is 354 g/mol. The molecular formula is C18H17F3O4. The van der Waals surface area contributed by atoms with E-state index in [1.807, 2.05) is 13.8 Å². The van der Waals surface area contributed by atoms with Crippen LogP contribution < -0.4 is 14.2 Å². The van der Waals surface area contributed by atoms with Crippen molar-refractivity contribution in [2.75, 3.05) is 6.61 Å². The van der Waals surface area contributed by atoms with Crippen molar-refractivity contribution in [3.8, 4) is 17.2 Å². The van der Waals surface area contributed by atoms with Crippen LogP contribution in [0.25, 0.3) is 0 Å². The summed E-state index contributed by atoms with van der Waals surface area (Å²) >= 11 is 0. The Bertz CT molecular complexity index is 692. The van der Waals surface area contributed by atoms with Crippen LogP contribution >= 0.6 is 0 Å². The standard InChI is InChI=1S/C18H17F3O4/c1-12(2)24-15-5-3-13(4-6-15)17(22)11-23-14-7-9-16(10-8-14)25-18(19,20)21/h3-10,12H,11H2,1-2H3. The van der Waals surface area contributed by atoms with E-state index in [9.17, 15) is 18.0 Å². The normalized spacial score (nSPS) is 11.3. The predicted octanol–water partition coefficient (Wildman–Crippen LogP) is 4.63. The number of benzene rings is 2. The summed E-state index contributed by atoms with van der Waals surface area (Å²) in [4.78, 5) is 12.1. The van der Waals surface area contributed by atoms with E-state index in [0.717, 1.165) is 12.1 Å². The molecule has 0 aliphatic heterocycles. The predicted molar refractivity (Wildman–Crippen MR) is 85.2 cm³/mol. The van der Waals surface area contributed by atoms with Crippen LogP contribution in [0.4, 0.5) is 13.2 Å². The number of hydrogen-bond donors (Lipinski definition) is 0. The van der Waals surface area contributed by atoms with E-state index in [0.29, 0.717) is 11.3 Å². The van der Waals surface area contributed by atoms with Gasteiger partial charge < -0.3 is 14.2 Å². The van der Waals surface area contributed by atoms with Crippen LogP contribution in [0.3, 0.4) is 0 Å². The zero-order chi connectivity index (χ0) is 18.4. The highest BCUT2D eigenvalue weighted by molar-refractivity contribution is 5.97. The fourth-order valence-electron chi connectivity index (χ4n) is 1.96. The molecule has 4 nitrogen and oxygen atoms in total. The largest absolute Gasteiger partial charge is 0.573 e. The second-order valence-electron chi connectivity index (χ2n) is 5.42. The van der Waals surface area contributed by atoms with Crippen molar-refractivity contribution < 1.29 is 32.2 Å². The van der Waals surface area contributed by atoms with E-state index >= 15 is 0 Å². The quantitative estimate of drug-likeness (QED) is 0.680. The molecule has 25 heavy (non-hydrogen) atoms. The Labute approximate surface area is 143 Å². The first-order valence-corrected chi connectivity index (χ1v) is 7.51. The minimum Gasteiger partial charge on any atom is -0.491 e. The summed E-state index contributed by atoms with van der Waals surface area (Å²) < 4.78 is 50.8. The average molecular weight is 354 g/mol. The van der Waals surface area contributed by atoms with Crippen molar-refractivity contribution in [2.24, 2.45) is 0 Å². The van der Waals surface area contributed by atoms with Crippen molar-refractivity contribution in [2.45, 2.75) is 26.3 Å². The van der Waals surface area contributed by atoms with Crippen LogP contribution in [0.2, 0.25) is 0 Å². The Morgan fingerprint density at radius 2 is 1.44 bits per heavy atom. The minimum absolute atomic E-state index is 0.0363. The second-order valence-corrected chi connectivity index (χ2v) is 5.42. The van der Waals surface area contributed by atoms with E-state index < -0.39 is 6.36 Å². The molecule has 2 aromatic rings. The number of halogens is 3. The van der Waals surface area contributed by atoms with Gasteiger partial charge in [0.2, 0.25) is 0 Å². The lowest BCUT2D eigenvalue weighted by atomic mass is 10.1. The van der Waals surface area contributed by atoms with E-state index in [1.54, 1.807) is 24.3 Å². The molecule has 0 aromatic heterocycles. The molecule has 2 rings (SSSR count). The van der Waals surface area contributed by atoms with Gasteiger partial charge in [0, 0.05) is 5.56 Å². The van der Waals surface area contributed by atoms with Gasteiger partial charge in [-0.2, -0.15) is 0 Å². The van der Waals surface area contributed by atoms with Crippen LogP contribution in [-0.4, -0.2) is 24.9 Å². The Kier molecular flexibility index (Phi) is 5.90. The van der Waals surface area contributed by atoms with E-state index in [2.05, 4.69) is 4.74 Å². The molecule has 0 fully saturated rings. The molecule has 2 aromatic carbocycles. The summed E-state index contributed by atoms with van der Waals surface area (Å²) in [6.45, 7) is 3.57. The van der Waals surface area contributed by atoms with Gasteiger partial charge in [-0.25, -0.2) is 0 Å².